The molecule has 11 heteroatoms. The van der Waals surface area contributed by atoms with Crippen molar-refractivity contribution in [2.45, 2.75) is 65.4 Å². The Balaban J connectivity index is 1.64. The van der Waals surface area contributed by atoms with Crippen LogP contribution in [0.3, 0.4) is 0 Å². The number of nitrogens with zero attached hydrogens (tertiary/aromatic N) is 4. The van der Waals surface area contributed by atoms with Gasteiger partial charge in [-0.3, -0.25) is 4.79 Å². The van der Waals surface area contributed by atoms with Crippen LogP contribution in [0.15, 0.2) is 42.3 Å². The molecule has 0 radical (unpaired) electrons. The van der Waals surface area contributed by atoms with Gasteiger partial charge in [-0.25, -0.2) is 27.2 Å². The zero-order valence-corrected chi connectivity index (χ0v) is 24.5. The van der Waals surface area contributed by atoms with Crippen molar-refractivity contribution in [1.29, 1.82) is 0 Å². The van der Waals surface area contributed by atoms with E-state index in [1.54, 1.807) is 15.7 Å². The van der Waals surface area contributed by atoms with Crippen molar-refractivity contribution < 1.29 is 27.1 Å². The number of carbonyl (C=O) groups excluding carboxylic acids is 1. The molecule has 1 N–H and O–H groups in total. The predicted octanol–water partition coefficient (Wildman–Crippen LogP) is 5.55. The predicted molar refractivity (Wildman–Crippen MR) is 150 cm³/mol. The quantitative estimate of drug-likeness (QED) is 0.409. The number of ether oxygens (including phenoxy) is 1. The van der Waals surface area contributed by atoms with E-state index in [-0.39, 0.29) is 54.6 Å². The van der Waals surface area contributed by atoms with E-state index in [0.717, 1.165) is 24.6 Å². The molecule has 1 aromatic heterocycles. The number of nitrogens with one attached hydrogen (secondary N) is 1. The summed E-state index contributed by atoms with van der Waals surface area (Å²) in [6.07, 6.45) is 4.19. The third kappa shape index (κ3) is 6.46. The Morgan fingerprint density at radius 2 is 2.02 bits per heavy atom. The second kappa shape index (κ2) is 12.3. The fraction of sp³-hybridized carbons (Fsp3) is 0.581. The summed E-state index contributed by atoms with van der Waals surface area (Å²) in [6.45, 7) is 9.17. The molecule has 42 heavy (non-hydrogen) atoms. The molecular formula is C31H39F4N5O2. The van der Waals surface area contributed by atoms with Crippen molar-refractivity contribution in [3.8, 4) is 11.4 Å². The van der Waals surface area contributed by atoms with Gasteiger partial charge in [0.25, 0.3) is 5.91 Å². The minimum atomic E-state index is -1.14. The van der Waals surface area contributed by atoms with Crippen LogP contribution in [-0.2, 0) is 16.1 Å². The lowest BCUT2D eigenvalue weighted by atomic mass is 9.83. The number of benzene rings is 1. The van der Waals surface area contributed by atoms with E-state index in [1.807, 2.05) is 27.7 Å². The van der Waals surface area contributed by atoms with Gasteiger partial charge in [0.1, 0.15) is 29.7 Å². The van der Waals surface area contributed by atoms with Gasteiger partial charge < -0.3 is 15.0 Å². The first-order valence-corrected chi connectivity index (χ1v) is 14.6. The Hall–Kier alpha value is -3.05. The molecule has 2 aliphatic heterocycles. The van der Waals surface area contributed by atoms with Crippen molar-refractivity contribution >= 4 is 5.91 Å². The van der Waals surface area contributed by atoms with E-state index in [0.29, 0.717) is 25.4 Å². The average molecular weight is 590 g/mol. The molecule has 6 atom stereocenters. The highest BCUT2D eigenvalue weighted by Gasteiger charge is 2.44. The Morgan fingerprint density at radius 1 is 1.24 bits per heavy atom. The molecule has 3 heterocycles. The van der Waals surface area contributed by atoms with Crippen molar-refractivity contribution in [2.75, 3.05) is 26.2 Å². The number of alkyl halides is 1. The van der Waals surface area contributed by atoms with Crippen LogP contribution in [-0.4, -0.2) is 64.1 Å². The van der Waals surface area contributed by atoms with Gasteiger partial charge in [0, 0.05) is 38.1 Å². The smallest absolute Gasteiger partial charge is 0.252 e. The summed E-state index contributed by atoms with van der Waals surface area (Å²) in [5, 5.41) is 7.69. The lowest BCUT2D eigenvalue weighted by molar-refractivity contribution is -0.147. The maximum absolute atomic E-state index is 15.0. The Bertz CT molecular complexity index is 1350. The topological polar surface area (TPSA) is 72.3 Å². The van der Waals surface area contributed by atoms with Crippen molar-refractivity contribution in [1.82, 2.24) is 25.0 Å². The highest BCUT2D eigenvalue weighted by Crippen LogP contribution is 2.41. The number of hydrogen-bond donors (Lipinski definition) is 1. The molecule has 0 bridgehead atoms. The van der Waals surface area contributed by atoms with Gasteiger partial charge in [-0.1, -0.05) is 33.8 Å². The standard InChI is InChI=1S/C31H39F4N5O2/c1-18-7-8-21(32)12-19(18)17-40-29(37-28(38-40)23-13-22(33)9-10-24(23)34)27(31(2,3)4)39(16-20-14-36-15-25(20)35)30(41)26-6-5-11-42-26/h7-10,12-13,18-20,25-27,36H,5-6,11,14-17H2,1-4H3/t18?,19?,20?,25-,26?,27-/m0/s1. The second-order valence-electron chi connectivity index (χ2n) is 12.7. The van der Waals surface area contributed by atoms with Gasteiger partial charge in [-0.2, -0.15) is 5.10 Å². The van der Waals surface area contributed by atoms with E-state index in [4.69, 9.17) is 9.72 Å². The molecule has 4 unspecified atom stereocenters. The molecule has 2 saturated heterocycles. The van der Waals surface area contributed by atoms with Crippen LogP contribution in [0.2, 0.25) is 0 Å². The highest BCUT2D eigenvalue weighted by molar-refractivity contribution is 5.81. The molecule has 7 nitrogen and oxygen atoms in total. The van der Waals surface area contributed by atoms with Crippen LogP contribution < -0.4 is 5.32 Å². The summed E-state index contributed by atoms with van der Waals surface area (Å²) in [5.41, 5.74) is -0.768. The number of carbonyl (C=O) groups is 1. The fourth-order valence-electron chi connectivity index (χ4n) is 6.10. The average Bonchev–Trinajstić information content (AvgIpc) is 3.69. The number of rotatable bonds is 8. The van der Waals surface area contributed by atoms with Crippen molar-refractivity contribution in [2.24, 2.45) is 23.2 Å². The van der Waals surface area contributed by atoms with Crippen LogP contribution in [0, 0.1) is 34.8 Å². The van der Waals surface area contributed by atoms with Crippen molar-refractivity contribution in [3.05, 3.63) is 59.7 Å². The van der Waals surface area contributed by atoms with Gasteiger partial charge in [-0.15, -0.1) is 0 Å². The number of amides is 1. The summed E-state index contributed by atoms with van der Waals surface area (Å²) in [7, 11) is 0. The molecule has 3 aliphatic rings. The molecular weight excluding hydrogens is 550 g/mol. The largest absolute Gasteiger partial charge is 0.368 e. The van der Waals surface area contributed by atoms with Crippen LogP contribution >= 0.6 is 0 Å². The van der Waals surface area contributed by atoms with Crippen LogP contribution in [0.1, 0.15) is 52.4 Å². The summed E-state index contributed by atoms with van der Waals surface area (Å²) >= 11 is 0. The van der Waals surface area contributed by atoms with Gasteiger partial charge >= 0.3 is 0 Å². The van der Waals surface area contributed by atoms with E-state index >= 15 is 0 Å². The monoisotopic (exact) mass is 589 g/mol. The molecule has 5 rings (SSSR count). The molecule has 1 amide bonds. The number of halogens is 4. The maximum atomic E-state index is 15.0. The Labute approximate surface area is 244 Å². The number of allylic oxidation sites excluding steroid dienone is 4. The van der Waals surface area contributed by atoms with Crippen LogP contribution in [0.25, 0.3) is 11.4 Å². The molecule has 228 valence electrons. The molecule has 2 fully saturated rings. The number of hydrogen-bond acceptors (Lipinski definition) is 5. The third-order valence-corrected chi connectivity index (χ3v) is 8.41. The SMILES string of the molecule is CC1C=CC(F)=CC1Cn1nc(-c2cc(F)ccc2F)nc1[C@H](N(CC1CNC[C@@H]1F)C(=O)C1CCCO1)C(C)(C)C. The summed E-state index contributed by atoms with van der Waals surface area (Å²) in [6, 6.07) is 2.33. The van der Waals surface area contributed by atoms with Crippen LogP contribution in [0.4, 0.5) is 17.6 Å². The van der Waals surface area contributed by atoms with E-state index in [1.165, 1.54) is 12.2 Å². The zero-order chi connectivity index (χ0) is 30.2. The summed E-state index contributed by atoms with van der Waals surface area (Å²) in [4.78, 5) is 20.5. The second-order valence-corrected chi connectivity index (χ2v) is 12.7. The van der Waals surface area contributed by atoms with Crippen LogP contribution in [0.5, 0.6) is 0 Å². The van der Waals surface area contributed by atoms with E-state index < -0.39 is 41.3 Å². The Morgan fingerprint density at radius 3 is 2.69 bits per heavy atom. The highest BCUT2D eigenvalue weighted by atomic mass is 19.1. The van der Waals surface area contributed by atoms with E-state index in [2.05, 4.69) is 10.4 Å². The third-order valence-electron chi connectivity index (χ3n) is 8.41. The van der Waals surface area contributed by atoms with Gasteiger partial charge in [0.15, 0.2) is 11.6 Å². The molecule has 0 spiro atoms. The lowest BCUT2D eigenvalue weighted by Gasteiger charge is -2.42. The van der Waals surface area contributed by atoms with E-state index in [9.17, 15) is 22.4 Å². The number of aromatic nitrogens is 3. The maximum Gasteiger partial charge on any atom is 0.252 e. The first-order chi connectivity index (χ1) is 19.9. The molecule has 0 saturated carbocycles. The lowest BCUT2D eigenvalue weighted by Crippen LogP contribution is -2.49. The zero-order valence-electron chi connectivity index (χ0n) is 24.5. The molecule has 1 aliphatic carbocycles. The van der Waals surface area contributed by atoms with Gasteiger partial charge in [0.2, 0.25) is 0 Å². The minimum Gasteiger partial charge on any atom is -0.368 e. The first kappa shape index (κ1) is 30.4. The van der Waals surface area contributed by atoms with Crippen molar-refractivity contribution in [3.63, 3.8) is 0 Å². The summed E-state index contributed by atoms with van der Waals surface area (Å²) < 4.78 is 65.8. The van der Waals surface area contributed by atoms with Gasteiger partial charge in [-0.05, 0) is 54.5 Å². The molecule has 2 aromatic rings. The normalized spacial score (nSPS) is 26.9. The van der Waals surface area contributed by atoms with Gasteiger partial charge in [0.05, 0.1) is 18.2 Å². The fourth-order valence-corrected chi connectivity index (χ4v) is 6.10. The Kier molecular flexibility index (Phi) is 8.89. The first-order valence-electron chi connectivity index (χ1n) is 14.6. The minimum absolute atomic E-state index is 0.0366. The summed E-state index contributed by atoms with van der Waals surface area (Å²) in [5.74, 6) is -2.48. The molecule has 1 aromatic carbocycles.